The Labute approximate surface area is 100 Å². The zero-order valence-electron chi connectivity index (χ0n) is 10.1. The second kappa shape index (κ2) is 5.10. The van der Waals surface area contributed by atoms with Gasteiger partial charge in [0, 0.05) is 31.3 Å². The van der Waals surface area contributed by atoms with Crippen molar-refractivity contribution in [2.24, 2.45) is 7.05 Å². The van der Waals surface area contributed by atoms with Crippen LogP contribution < -0.4 is 5.32 Å². The van der Waals surface area contributed by atoms with Crippen LogP contribution in [0.2, 0.25) is 0 Å². The smallest absolute Gasteiger partial charge is 0.123 e. The van der Waals surface area contributed by atoms with E-state index in [4.69, 9.17) is 0 Å². The monoisotopic (exact) mass is 233 g/mol. The molecular formula is C13H16FN3. The number of nitrogens with one attached hydrogen (secondary N) is 1. The molecule has 0 aliphatic rings. The average Bonchev–Trinajstić information content (AvgIpc) is 2.69. The molecule has 1 N–H and O–H groups in total. The predicted molar refractivity (Wildman–Crippen MR) is 66.2 cm³/mol. The van der Waals surface area contributed by atoms with Gasteiger partial charge in [-0.2, -0.15) is 0 Å². The van der Waals surface area contributed by atoms with E-state index in [0.29, 0.717) is 0 Å². The molecule has 0 saturated carbocycles. The molecule has 2 aromatic rings. The Hall–Kier alpha value is -1.68. The fraction of sp³-hybridized carbons (Fsp3) is 0.308. The van der Waals surface area contributed by atoms with Crippen molar-refractivity contribution in [3.05, 3.63) is 42.1 Å². The maximum Gasteiger partial charge on any atom is 0.123 e. The van der Waals surface area contributed by atoms with Gasteiger partial charge in [0.15, 0.2) is 0 Å². The molecule has 0 aliphatic heterocycles. The molecule has 1 aromatic heterocycles. The summed E-state index contributed by atoms with van der Waals surface area (Å²) in [5, 5.41) is 3.12. The van der Waals surface area contributed by atoms with Crippen LogP contribution in [-0.2, 0) is 13.5 Å². The predicted octanol–water partition coefficient (Wildman–Crippen LogP) is 1.99. The van der Waals surface area contributed by atoms with Crippen LogP contribution in [0, 0.1) is 5.82 Å². The summed E-state index contributed by atoms with van der Waals surface area (Å²) in [6.07, 6.45) is 2.70. The normalized spacial score (nSPS) is 10.8. The minimum Gasteiger partial charge on any atom is -0.337 e. The topological polar surface area (TPSA) is 29.9 Å². The van der Waals surface area contributed by atoms with Crippen molar-refractivity contribution in [1.82, 2.24) is 14.9 Å². The van der Waals surface area contributed by atoms with Gasteiger partial charge in [-0.15, -0.1) is 0 Å². The molecule has 17 heavy (non-hydrogen) atoms. The van der Waals surface area contributed by atoms with Crippen LogP contribution in [0.1, 0.15) is 5.69 Å². The summed E-state index contributed by atoms with van der Waals surface area (Å²) in [6, 6.07) is 6.46. The molecular weight excluding hydrogens is 217 g/mol. The first-order valence-electron chi connectivity index (χ1n) is 5.63. The Morgan fingerprint density at radius 2 is 2.00 bits per heavy atom. The highest BCUT2D eigenvalue weighted by Gasteiger charge is 2.10. The van der Waals surface area contributed by atoms with E-state index in [1.165, 1.54) is 12.1 Å². The van der Waals surface area contributed by atoms with Crippen LogP contribution in [0.4, 0.5) is 4.39 Å². The summed E-state index contributed by atoms with van der Waals surface area (Å²) < 4.78 is 14.9. The van der Waals surface area contributed by atoms with Gasteiger partial charge in [0.25, 0.3) is 0 Å². The third-order valence-electron chi connectivity index (χ3n) is 2.79. The molecule has 0 amide bonds. The van der Waals surface area contributed by atoms with Crippen LogP contribution >= 0.6 is 0 Å². The molecule has 0 radical (unpaired) electrons. The Balaban J connectivity index is 2.34. The molecule has 0 spiro atoms. The highest BCUT2D eigenvalue weighted by Crippen LogP contribution is 2.22. The van der Waals surface area contributed by atoms with E-state index in [1.807, 2.05) is 18.7 Å². The molecule has 3 nitrogen and oxygen atoms in total. The molecule has 90 valence electrons. The Morgan fingerprint density at radius 1 is 1.29 bits per heavy atom. The van der Waals surface area contributed by atoms with Crippen molar-refractivity contribution in [3.8, 4) is 11.3 Å². The third kappa shape index (κ3) is 2.53. The Morgan fingerprint density at radius 3 is 2.65 bits per heavy atom. The number of likely N-dealkylation sites (N-methyl/N-ethyl adjacent to an activating group) is 1. The SMILES string of the molecule is CNCCc1c(-c2ccc(F)cc2)ncn1C. The first-order valence-corrected chi connectivity index (χ1v) is 5.63. The second-order valence-electron chi connectivity index (χ2n) is 4.01. The number of halogens is 1. The number of hydrogen-bond acceptors (Lipinski definition) is 2. The van der Waals surface area contributed by atoms with E-state index in [1.54, 1.807) is 18.5 Å². The van der Waals surface area contributed by atoms with Gasteiger partial charge in [-0.25, -0.2) is 9.37 Å². The molecule has 0 bridgehead atoms. The van der Waals surface area contributed by atoms with Gasteiger partial charge in [0.05, 0.1) is 12.0 Å². The minimum absolute atomic E-state index is 0.221. The van der Waals surface area contributed by atoms with Crippen LogP contribution in [0.3, 0.4) is 0 Å². The number of rotatable bonds is 4. The van der Waals surface area contributed by atoms with Crippen molar-refractivity contribution in [3.63, 3.8) is 0 Å². The van der Waals surface area contributed by atoms with Gasteiger partial charge in [-0.3, -0.25) is 0 Å². The number of benzene rings is 1. The summed E-state index contributed by atoms with van der Waals surface area (Å²) in [5.74, 6) is -0.221. The number of aryl methyl sites for hydroxylation is 1. The van der Waals surface area contributed by atoms with Crippen LogP contribution in [-0.4, -0.2) is 23.1 Å². The highest BCUT2D eigenvalue weighted by molar-refractivity contribution is 5.61. The number of aromatic nitrogens is 2. The maximum atomic E-state index is 12.9. The second-order valence-corrected chi connectivity index (χ2v) is 4.01. The zero-order valence-corrected chi connectivity index (χ0v) is 10.1. The lowest BCUT2D eigenvalue weighted by Crippen LogP contribution is -2.12. The molecule has 4 heteroatoms. The third-order valence-corrected chi connectivity index (χ3v) is 2.79. The Bertz CT molecular complexity index is 488. The van der Waals surface area contributed by atoms with Gasteiger partial charge in [-0.1, -0.05) is 0 Å². The van der Waals surface area contributed by atoms with Crippen molar-refractivity contribution < 1.29 is 4.39 Å². The standard InChI is InChI=1S/C13H16FN3/c1-15-8-7-12-13(16-9-17(12)2)10-3-5-11(14)6-4-10/h3-6,9,15H,7-8H2,1-2H3. The molecule has 1 aromatic carbocycles. The number of hydrogen-bond donors (Lipinski definition) is 1. The van der Waals surface area contributed by atoms with Gasteiger partial charge < -0.3 is 9.88 Å². The lowest BCUT2D eigenvalue weighted by molar-refractivity contribution is 0.628. The van der Waals surface area contributed by atoms with E-state index in [0.717, 1.165) is 29.9 Å². The lowest BCUT2D eigenvalue weighted by atomic mass is 10.1. The van der Waals surface area contributed by atoms with Gasteiger partial charge in [0.1, 0.15) is 5.82 Å². The van der Waals surface area contributed by atoms with Crippen LogP contribution in [0.5, 0.6) is 0 Å². The molecule has 0 fully saturated rings. The van der Waals surface area contributed by atoms with Crippen molar-refractivity contribution in [1.29, 1.82) is 0 Å². The van der Waals surface area contributed by atoms with Gasteiger partial charge in [-0.05, 0) is 31.3 Å². The highest BCUT2D eigenvalue weighted by atomic mass is 19.1. The minimum atomic E-state index is -0.221. The van der Waals surface area contributed by atoms with Crippen LogP contribution in [0.25, 0.3) is 11.3 Å². The average molecular weight is 233 g/mol. The zero-order chi connectivity index (χ0) is 12.3. The van der Waals surface area contributed by atoms with Gasteiger partial charge >= 0.3 is 0 Å². The fourth-order valence-corrected chi connectivity index (χ4v) is 1.84. The molecule has 2 rings (SSSR count). The van der Waals surface area contributed by atoms with Gasteiger partial charge in [0.2, 0.25) is 0 Å². The number of nitrogens with zero attached hydrogens (tertiary/aromatic N) is 2. The molecule has 0 unspecified atom stereocenters. The first kappa shape index (κ1) is 11.8. The molecule has 1 heterocycles. The lowest BCUT2D eigenvalue weighted by Gasteiger charge is -2.06. The molecule has 0 atom stereocenters. The largest absolute Gasteiger partial charge is 0.337 e. The quantitative estimate of drug-likeness (QED) is 0.875. The maximum absolute atomic E-state index is 12.9. The summed E-state index contributed by atoms with van der Waals surface area (Å²) >= 11 is 0. The van der Waals surface area contributed by atoms with E-state index in [-0.39, 0.29) is 5.82 Å². The summed E-state index contributed by atoms with van der Waals surface area (Å²) in [5.41, 5.74) is 3.05. The summed E-state index contributed by atoms with van der Waals surface area (Å²) in [7, 11) is 3.90. The van der Waals surface area contributed by atoms with Crippen molar-refractivity contribution >= 4 is 0 Å². The van der Waals surface area contributed by atoms with Crippen molar-refractivity contribution in [2.45, 2.75) is 6.42 Å². The van der Waals surface area contributed by atoms with E-state index < -0.39 is 0 Å². The first-order chi connectivity index (χ1) is 8.22. The van der Waals surface area contributed by atoms with E-state index >= 15 is 0 Å². The summed E-state index contributed by atoms with van der Waals surface area (Å²) in [4.78, 5) is 4.38. The summed E-state index contributed by atoms with van der Waals surface area (Å²) in [6.45, 7) is 0.897. The van der Waals surface area contributed by atoms with Crippen LogP contribution in [0.15, 0.2) is 30.6 Å². The number of imidazole rings is 1. The molecule has 0 aliphatic carbocycles. The Kier molecular flexibility index (Phi) is 3.54. The van der Waals surface area contributed by atoms with Crippen molar-refractivity contribution in [2.75, 3.05) is 13.6 Å². The fourth-order valence-electron chi connectivity index (χ4n) is 1.84. The van der Waals surface area contributed by atoms with E-state index in [9.17, 15) is 4.39 Å². The molecule has 0 saturated heterocycles. The van der Waals surface area contributed by atoms with E-state index in [2.05, 4.69) is 10.3 Å².